The molecule has 22 heavy (non-hydrogen) atoms. The predicted octanol–water partition coefficient (Wildman–Crippen LogP) is 3.21. The molecule has 0 saturated carbocycles. The van der Waals surface area contributed by atoms with E-state index in [0.29, 0.717) is 30.3 Å². The Hall–Kier alpha value is -2.12. The molecule has 0 aromatic heterocycles. The molecule has 0 radical (unpaired) electrons. The van der Waals surface area contributed by atoms with E-state index in [0.717, 1.165) is 4.47 Å². The molecule has 0 spiro atoms. The summed E-state index contributed by atoms with van der Waals surface area (Å²) in [5, 5.41) is 21.8. The number of ether oxygens (including phenoxy) is 2. The number of aliphatic hydroxyl groups excluding tert-OH is 1. The van der Waals surface area contributed by atoms with Crippen LogP contribution in [0.15, 0.2) is 40.9 Å². The van der Waals surface area contributed by atoms with Gasteiger partial charge in [0.1, 0.15) is 19.3 Å². The third-order valence-electron chi connectivity index (χ3n) is 3.37. The van der Waals surface area contributed by atoms with Crippen LogP contribution in [0.5, 0.6) is 11.5 Å². The Morgan fingerprint density at radius 1 is 1.14 bits per heavy atom. The molecular formula is C15H12BrNO5. The van der Waals surface area contributed by atoms with Crippen LogP contribution in [0.1, 0.15) is 17.2 Å². The standard InChI is InChI=1S/C15H12BrNO5/c16-10-3-1-9(2-4-10)15(18)11-7-13-14(22-6-5-21-13)8-12(11)17(19)20/h1-4,7-8,15,18H,5-6H2/t15-/m0/s1. The van der Waals surface area contributed by atoms with E-state index in [2.05, 4.69) is 15.9 Å². The second kappa shape index (κ2) is 5.94. The Kier molecular flexibility index (Phi) is 4.00. The summed E-state index contributed by atoms with van der Waals surface area (Å²) in [6.45, 7) is 0.720. The Labute approximate surface area is 134 Å². The van der Waals surface area contributed by atoms with Crippen LogP contribution in [0, 0.1) is 10.1 Å². The Morgan fingerprint density at radius 3 is 2.32 bits per heavy atom. The first kappa shape index (κ1) is 14.8. The van der Waals surface area contributed by atoms with E-state index < -0.39 is 11.0 Å². The van der Waals surface area contributed by atoms with Gasteiger partial charge in [0.15, 0.2) is 11.5 Å². The Bertz CT molecular complexity index is 717. The Morgan fingerprint density at radius 2 is 1.73 bits per heavy atom. The molecule has 2 aromatic carbocycles. The Balaban J connectivity index is 2.07. The van der Waals surface area contributed by atoms with Gasteiger partial charge in [0.05, 0.1) is 16.6 Å². The molecule has 6 nitrogen and oxygen atoms in total. The molecule has 1 aliphatic rings. The molecule has 1 heterocycles. The monoisotopic (exact) mass is 365 g/mol. The van der Waals surface area contributed by atoms with Crippen molar-refractivity contribution in [1.82, 2.24) is 0 Å². The molecule has 0 amide bonds. The van der Waals surface area contributed by atoms with Crippen molar-refractivity contribution in [1.29, 1.82) is 0 Å². The smallest absolute Gasteiger partial charge is 0.279 e. The fourth-order valence-corrected chi connectivity index (χ4v) is 2.56. The lowest BCUT2D eigenvalue weighted by molar-refractivity contribution is -0.386. The van der Waals surface area contributed by atoms with Gasteiger partial charge in [-0.2, -0.15) is 0 Å². The number of halogens is 1. The minimum atomic E-state index is -1.12. The van der Waals surface area contributed by atoms with Crippen LogP contribution < -0.4 is 9.47 Å². The molecular weight excluding hydrogens is 354 g/mol. The molecule has 2 aromatic rings. The van der Waals surface area contributed by atoms with Crippen LogP contribution in [0.3, 0.4) is 0 Å². The van der Waals surface area contributed by atoms with Crippen molar-refractivity contribution in [3.63, 3.8) is 0 Å². The van der Waals surface area contributed by atoms with Gasteiger partial charge in [0.2, 0.25) is 0 Å². The van der Waals surface area contributed by atoms with Gasteiger partial charge in [0, 0.05) is 4.47 Å². The number of benzene rings is 2. The number of nitro groups is 1. The number of nitro benzene ring substituents is 1. The van der Waals surface area contributed by atoms with Crippen molar-refractivity contribution >= 4 is 21.6 Å². The highest BCUT2D eigenvalue weighted by Gasteiger charge is 2.27. The van der Waals surface area contributed by atoms with Crippen LogP contribution >= 0.6 is 15.9 Å². The summed E-state index contributed by atoms with van der Waals surface area (Å²) in [4.78, 5) is 10.8. The van der Waals surface area contributed by atoms with E-state index in [1.165, 1.54) is 12.1 Å². The van der Waals surface area contributed by atoms with Gasteiger partial charge in [-0.25, -0.2) is 0 Å². The summed E-state index contributed by atoms with van der Waals surface area (Å²) in [6.07, 6.45) is -1.12. The van der Waals surface area contributed by atoms with Gasteiger partial charge in [-0.3, -0.25) is 10.1 Å². The van der Waals surface area contributed by atoms with Crippen molar-refractivity contribution in [3.05, 3.63) is 62.1 Å². The average molecular weight is 366 g/mol. The van der Waals surface area contributed by atoms with E-state index in [1.54, 1.807) is 24.3 Å². The van der Waals surface area contributed by atoms with Crippen LogP contribution in [0.2, 0.25) is 0 Å². The number of hydrogen-bond donors (Lipinski definition) is 1. The quantitative estimate of drug-likeness (QED) is 0.666. The molecule has 0 aliphatic carbocycles. The number of aliphatic hydroxyl groups is 1. The predicted molar refractivity (Wildman–Crippen MR) is 82.3 cm³/mol. The zero-order valence-corrected chi connectivity index (χ0v) is 12.9. The van der Waals surface area contributed by atoms with Crippen molar-refractivity contribution in [2.75, 3.05) is 13.2 Å². The molecule has 0 bridgehead atoms. The third kappa shape index (κ3) is 2.77. The number of fused-ring (bicyclic) bond motifs is 1. The minimum absolute atomic E-state index is 0.177. The van der Waals surface area contributed by atoms with Gasteiger partial charge in [0.25, 0.3) is 5.69 Å². The molecule has 3 rings (SSSR count). The second-order valence-corrected chi connectivity index (χ2v) is 5.68. The molecule has 0 saturated heterocycles. The lowest BCUT2D eigenvalue weighted by atomic mass is 9.99. The maximum atomic E-state index is 11.3. The van der Waals surface area contributed by atoms with E-state index in [9.17, 15) is 15.2 Å². The average Bonchev–Trinajstić information content (AvgIpc) is 2.53. The van der Waals surface area contributed by atoms with Gasteiger partial charge in [-0.1, -0.05) is 28.1 Å². The van der Waals surface area contributed by atoms with Crippen LogP contribution in [0.25, 0.3) is 0 Å². The SMILES string of the molecule is O=[N+]([O-])c1cc2c(cc1[C@@H](O)c1ccc(Br)cc1)OCCO2. The summed E-state index contributed by atoms with van der Waals surface area (Å²) in [5.74, 6) is 0.729. The maximum absolute atomic E-state index is 11.3. The van der Waals surface area contributed by atoms with Gasteiger partial charge in [-0.15, -0.1) is 0 Å². The van der Waals surface area contributed by atoms with Gasteiger partial charge >= 0.3 is 0 Å². The highest BCUT2D eigenvalue weighted by atomic mass is 79.9. The summed E-state index contributed by atoms with van der Waals surface area (Å²) < 4.78 is 11.7. The second-order valence-electron chi connectivity index (χ2n) is 4.77. The number of hydrogen-bond acceptors (Lipinski definition) is 5. The van der Waals surface area contributed by atoms with E-state index >= 15 is 0 Å². The molecule has 1 atom stereocenters. The molecule has 0 fully saturated rings. The lowest BCUT2D eigenvalue weighted by Gasteiger charge is -2.20. The number of rotatable bonds is 3. The van der Waals surface area contributed by atoms with E-state index in [-0.39, 0.29) is 11.3 Å². The van der Waals surface area contributed by atoms with Crippen molar-refractivity contribution < 1.29 is 19.5 Å². The first-order valence-corrected chi connectivity index (χ1v) is 7.37. The highest BCUT2D eigenvalue weighted by molar-refractivity contribution is 9.10. The summed E-state index contributed by atoms with van der Waals surface area (Å²) >= 11 is 3.31. The first-order chi connectivity index (χ1) is 10.6. The molecule has 114 valence electrons. The van der Waals surface area contributed by atoms with Crippen LogP contribution in [0.4, 0.5) is 5.69 Å². The lowest BCUT2D eigenvalue weighted by Crippen LogP contribution is -2.16. The van der Waals surface area contributed by atoms with Crippen LogP contribution in [-0.2, 0) is 0 Å². The third-order valence-corrected chi connectivity index (χ3v) is 3.90. The summed E-state index contributed by atoms with van der Waals surface area (Å²) in [5.41, 5.74) is 0.541. The van der Waals surface area contributed by atoms with E-state index in [4.69, 9.17) is 9.47 Å². The summed E-state index contributed by atoms with van der Waals surface area (Å²) in [6, 6.07) is 9.71. The van der Waals surface area contributed by atoms with Gasteiger partial charge in [-0.05, 0) is 23.8 Å². The van der Waals surface area contributed by atoms with Crippen molar-refractivity contribution in [3.8, 4) is 11.5 Å². The number of nitrogens with zero attached hydrogens (tertiary/aromatic N) is 1. The largest absolute Gasteiger partial charge is 0.486 e. The summed E-state index contributed by atoms with van der Waals surface area (Å²) in [7, 11) is 0. The van der Waals surface area contributed by atoms with E-state index in [1.807, 2.05) is 0 Å². The van der Waals surface area contributed by atoms with Crippen molar-refractivity contribution in [2.45, 2.75) is 6.10 Å². The minimum Gasteiger partial charge on any atom is -0.486 e. The zero-order chi connectivity index (χ0) is 15.7. The highest BCUT2D eigenvalue weighted by Crippen LogP contribution is 2.40. The molecule has 7 heteroatoms. The molecule has 1 N–H and O–H groups in total. The zero-order valence-electron chi connectivity index (χ0n) is 11.4. The van der Waals surface area contributed by atoms with Crippen molar-refractivity contribution in [2.24, 2.45) is 0 Å². The fourth-order valence-electron chi connectivity index (χ4n) is 2.30. The molecule has 1 aliphatic heterocycles. The normalized spacial score (nSPS) is 14.5. The first-order valence-electron chi connectivity index (χ1n) is 6.57. The van der Waals surface area contributed by atoms with Gasteiger partial charge < -0.3 is 14.6 Å². The maximum Gasteiger partial charge on any atom is 0.279 e. The molecule has 0 unspecified atom stereocenters. The fraction of sp³-hybridized carbons (Fsp3) is 0.200. The van der Waals surface area contributed by atoms with Crippen LogP contribution in [-0.4, -0.2) is 23.2 Å². The topological polar surface area (TPSA) is 81.8 Å².